The van der Waals surface area contributed by atoms with Gasteiger partial charge in [0.1, 0.15) is 17.0 Å². The fourth-order valence-corrected chi connectivity index (χ4v) is 5.03. The molecule has 9 heteroatoms. The molecule has 170 valence electrons. The summed E-state index contributed by atoms with van der Waals surface area (Å²) in [6.45, 7) is 5.92. The molecule has 4 rings (SSSR count). The smallest absolute Gasteiger partial charge is 0.412 e. The van der Waals surface area contributed by atoms with Gasteiger partial charge in [-0.3, -0.25) is 9.69 Å². The molecule has 0 bridgehead atoms. The van der Waals surface area contributed by atoms with Crippen molar-refractivity contribution in [3.8, 4) is 11.5 Å². The van der Waals surface area contributed by atoms with E-state index in [1.54, 1.807) is 32.9 Å². The third-order valence-electron chi connectivity index (χ3n) is 4.97. The summed E-state index contributed by atoms with van der Waals surface area (Å²) in [6.07, 6.45) is -0.523. The lowest BCUT2D eigenvalue weighted by Gasteiger charge is -2.31. The number of ether oxygens (including phenoxy) is 3. The first-order valence-corrected chi connectivity index (χ1v) is 11.7. The van der Waals surface area contributed by atoms with Gasteiger partial charge < -0.3 is 19.5 Å². The van der Waals surface area contributed by atoms with E-state index in [9.17, 15) is 9.59 Å². The Bertz CT molecular complexity index is 1010. The monoisotopic (exact) mass is 476 g/mol. The molecule has 7 nitrogen and oxygen atoms in total. The van der Waals surface area contributed by atoms with E-state index < -0.39 is 17.7 Å². The summed E-state index contributed by atoms with van der Waals surface area (Å²) in [5.74, 6) is 1.57. The molecule has 1 saturated heterocycles. The van der Waals surface area contributed by atoms with Crippen LogP contribution in [0.2, 0.25) is 5.02 Å². The highest BCUT2D eigenvalue weighted by Crippen LogP contribution is 2.42. The number of nitrogens with zero attached hydrogens (tertiary/aromatic N) is 1. The van der Waals surface area contributed by atoms with Crippen molar-refractivity contribution in [2.75, 3.05) is 12.5 Å². The van der Waals surface area contributed by atoms with Gasteiger partial charge in [-0.15, -0.1) is 11.8 Å². The second-order valence-electron chi connectivity index (χ2n) is 8.55. The Morgan fingerprint density at radius 2 is 1.88 bits per heavy atom. The lowest BCUT2D eigenvalue weighted by atomic mass is 10.1. The van der Waals surface area contributed by atoms with E-state index in [1.165, 1.54) is 16.7 Å². The van der Waals surface area contributed by atoms with Gasteiger partial charge in [-0.1, -0.05) is 29.8 Å². The number of hydrogen-bond acceptors (Lipinski definition) is 6. The predicted octanol–water partition coefficient (Wildman–Crippen LogP) is 4.74. The Morgan fingerprint density at radius 3 is 2.59 bits per heavy atom. The number of carbonyl (C=O) groups is 2. The number of nitrogens with one attached hydrogen (secondary N) is 1. The normalized spacial score (nSPS) is 19.7. The third-order valence-corrected chi connectivity index (χ3v) is 6.54. The van der Waals surface area contributed by atoms with E-state index in [2.05, 4.69) is 5.32 Å². The van der Waals surface area contributed by atoms with Crippen LogP contribution in [0, 0.1) is 0 Å². The standard InChI is InChI=1S/C23H25ClN2O5S/c1-23(2,3)31-22(28)26-17(12-32-21(26)15-5-7-16(24)8-6-15)20(27)25-11-14-4-9-18-19(10-14)30-13-29-18/h4-10,17,21H,11-13H2,1-3H3,(H,25,27)/t17-,21-/m0/s1. The van der Waals surface area contributed by atoms with Crippen molar-refractivity contribution in [3.63, 3.8) is 0 Å². The minimum Gasteiger partial charge on any atom is -0.454 e. The van der Waals surface area contributed by atoms with E-state index in [0.29, 0.717) is 28.8 Å². The lowest BCUT2D eigenvalue weighted by Crippen LogP contribution is -2.49. The highest BCUT2D eigenvalue weighted by molar-refractivity contribution is 7.99. The maximum Gasteiger partial charge on any atom is 0.412 e. The number of fused-ring (bicyclic) bond motifs is 1. The zero-order chi connectivity index (χ0) is 22.9. The van der Waals surface area contributed by atoms with Gasteiger partial charge in [0, 0.05) is 17.3 Å². The van der Waals surface area contributed by atoms with Crippen LogP contribution in [0.15, 0.2) is 42.5 Å². The lowest BCUT2D eigenvalue weighted by molar-refractivity contribution is -0.125. The molecule has 0 radical (unpaired) electrons. The molecule has 32 heavy (non-hydrogen) atoms. The van der Waals surface area contributed by atoms with Crippen LogP contribution in [0.5, 0.6) is 11.5 Å². The molecule has 0 saturated carbocycles. The van der Waals surface area contributed by atoms with Crippen molar-refractivity contribution in [2.45, 2.75) is 44.3 Å². The SMILES string of the molecule is CC(C)(C)OC(=O)N1[C@H](C(=O)NCc2ccc3c(c2)OCO3)CS[C@H]1c1ccc(Cl)cc1. The van der Waals surface area contributed by atoms with Crippen molar-refractivity contribution in [1.82, 2.24) is 10.2 Å². The number of benzene rings is 2. The Hall–Kier alpha value is -2.58. The molecular weight excluding hydrogens is 452 g/mol. The number of rotatable bonds is 4. The first-order chi connectivity index (χ1) is 15.2. The van der Waals surface area contributed by atoms with Crippen LogP contribution < -0.4 is 14.8 Å². The second kappa shape index (κ2) is 9.11. The topological polar surface area (TPSA) is 77.1 Å². The van der Waals surface area contributed by atoms with Crippen LogP contribution >= 0.6 is 23.4 Å². The van der Waals surface area contributed by atoms with Crippen molar-refractivity contribution in [1.29, 1.82) is 0 Å². The fourth-order valence-electron chi connectivity index (χ4n) is 3.49. The number of halogens is 1. The van der Waals surface area contributed by atoms with Crippen LogP contribution in [0.1, 0.15) is 37.3 Å². The quantitative estimate of drug-likeness (QED) is 0.687. The number of carbonyl (C=O) groups excluding carboxylic acids is 2. The van der Waals surface area contributed by atoms with Gasteiger partial charge in [-0.25, -0.2) is 4.79 Å². The minimum absolute atomic E-state index is 0.196. The van der Waals surface area contributed by atoms with Crippen molar-refractivity contribution in [3.05, 3.63) is 58.6 Å². The zero-order valence-corrected chi connectivity index (χ0v) is 19.7. The Balaban J connectivity index is 1.50. The van der Waals surface area contributed by atoms with E-state index >= 15 is 0 Å². The third kappa shape index (κ3) is 5.07. The van der Waals surface area contributed by atoms with Crippen molar-refractivity contribution < 1.29 is 23.8 Å². The van der Waals surface area contributed by atoms with Crippen LogP contribution in [0.3, 0.4) is 0 Å². The Morgan fingerprint density at radius 1 is 1.16 bits per heavy atom. The molecule has 1 fully saturated rings. The number of hydrogen-bond donors (Lipinski definition) is 1. The maximum absolute atomic E-state index is 13.1. The highest BCUT2D eigenvalue weighted by atomic mass is 35.5. The van der Waals surface area contributed by atoms with E-state index in [4.69, 9.17) is 25.8 Å². The van der Waals surface area contributed by atoms with Gasteiger partial charge in [0.05, 0.1) is 0 Å². The van der Waals surface area contributed by atoms with Crippen LogP contribution in [-0.2, 0) is 16.1 Å². The average Bonchev–Trinajstić information content (AvgIpc) is 3.38. The zero-order valence-electron chi connectivity index (χ0n) is 18.1. The molecule has 1 N–H and O–H groups in total. The molecule has 2 aromatic carbocycles. The fraction of sp³-hybridized carbons (Fsp3) is 0.391. The summed E-state index contributed by atoms with van der Waals surface area (Å²) in [4.78, 5) is 27.7. The van der Waals surface area contributed by atoms with Crippen molar-refractivity contribution >= 4 is 35.4 Å². The minimum atomic E-state index is -0.678. The summed E-state index contributed by atoms with van der Waals surface area (Å²) in [5, 5.41) is 3.21. The highest BCUT2D eigenvalue weighted by Gasteiger charge is 2.44. The van der Waals surface area contributed by atoms with Gasteiger partial charge >= 0.3 is 6.09 Å². The predicted molar refractivity (Wildman–Crippen MR) is 123 cm³/mol. The second-order valence-corrected chi connectivity index (χ2v) is 10.1. The molecule has 2 aromatic rings. The van der Waals surface area contributed by atoms with E-state index in [-0.39, 0.29) is 18.1 Å². The van der Waals surface area contributed by atoms with E-state index in [1.807, 2.05) is 30.3 Å². The largest absolute Gasteiger partial charge is 0.454 e. The molecule has 0 aliphatic carbocycles. The van der Waals surface area contributed by atoms with Gasteiger partial charge in [-0.05, 0) is 56.2 Å². The molecule has 2 amide bonds. The number of amides is 2. The van der Waals surface area contributed by atoms with Gasteiger partial charge in [0.15, 0.2) is 11.5 Å². The molecule has 0 spiro atoms. The molecule has 0 unspecified atom stereocenters. The Kier molecular flexibility index (Phi) is 6.44. The van der Waals surface area contributed by atoms with Gasteiger partial charge in [0.2, 0.25) is 12.7 Å². The summed E-state index contributed by atoms with van der Waals surface area (Å²) in [7, 11) is 0. The average molecular weight is 477 g/mol. The first kappa shape index (κ1) is 22.6. The van der Waals surface area contributed by atoms with Crippen LogP contribution in [0.4, 0.5) is 4.79 Å². The van der Waals surface area contributed by atoms with Gasteiger partial charge in [-0.2, -0.15) is 0 Å². The van der Waals surface area contributed by atoms with Crippen LogP contribution in [0.25, 0.3) is 0 Å². The van der Waals surface area contributed by atoms with Crippen LogP contribution in [-0.4, -0.2) is 41.1 Å². The van der Waals surface area contributed by atoms with E-state index in [0.717, 1.165) is 11.1 Å². The molecule has 2 aliphatic heterocycles. The summed E-state index contributed by atoms with van der Waals surface area (Å²) >= 11 is 7.55. The van der Waals surface area contributed by atoms with Gasteiger partial charge in [0.25, 0.3) is 0 Å². The van der Waals surface area contributed by atoms with Crippen molar-refractivity contribution in [2.24, 2.45) is 0 Å². The summed E-state index contributed by atoms with van der Waals surface area (Å²) in [5.41, 5.74) is 1.09. The molecule has 2 atom stereocenters. The molecule has 2 heterocycles. The maximum atomic E-state index is 13.1. The molecule has 2 aliphatic rings. The molecule has 0 aromatic heterocycles. The summed E-state index contributed by atoms with van der Waals surface area (Å²) in [6, 6.07) is 12.2. The first-order valence-electron chi connectivity index (χ1n) is 10.3. The number of thioether (sulfide) groups is 1. The molecular formula is C23H25ClN2O5S. The Labute approximate surface area is 196 Å². The summed E-state index contributed by atoms with van der Waals surface area (Å²) < 4.78 is 16.3.